The van der Waals surface area contributed by atoms with E-state index in [4.69, 9.17) is 5.73 Å². The lowest BCUT2D eigenvalue weighted by atomic mass is 9.51. The zero-order valence-corrected chi connectivity index (χ0v) is 8.93. The van der Waals surface area contributed by atoms with Gasteiger partial charge in [0.15, 0.2) is 0 Å². The maximum absolute atomic E-state index is 5.76. The van der Waals surface area contributed by atoms with Gasteiger partial charge in [0.2, 0.25) is 0 Å². The van der Waals surface area contributed by atoms with Gasteiger partial charge in [0.05, 0.1) is 0 Å². The summed E-state index contributed by atoms with van der Waals surface area (Å²) in [6.45, 7) is 10.3. The van der Waals surface area contributed by atoms with Crippen molar-refractivity contribution in [1.29, 1.82) is 0 Å². The van der Waals surface area contributed by atoms with E-state index in [1.54, 1.807) is 0 Å². The van der Waals surface area contributed by atoms with Gasteiger partial charge in [0, 0.05) is 0 Å². The van der Waals surface area contributed by atoms with Crippen molar-refractivity contribution in [2.24, 2.45) is 28.9 Å². The molecule has 0 aromatic rings. The van der Waals surface area contributed by atoms with Gasteiger partial charge in [0.1, 0.15) is 0 Å². The van der Waals surface area contributed by atoms with Crippen molar-refractivity contribution in [3.63, 3.8) is 0 Å². The third-order valence-corrected chi connectivity index (χ3v) is 4.23. The quantitative estimate of drug-likeness (QED) is 0.690. The van der Waals surface area contributed by atoms with E-state index in [1.165, 1.54) is 12.8 Å². The molecule has 0 radical (unpaired) electrons. The summed E-state index contributed by atoms with van der Waals surface area (Å²) in [5.74, 6) is 2.53. The van der Waals surface area contributed by atoms with Gasteiger partial charge in [-0.25, -0.2) is 0 Å². The molecule has 0 aliphatic heterocycles. The highest BCUT2D eigenvalue weighted by molar-refractivity contribution is 4.97. The molecule has 1 aliphatic rings. The van der Waals surface area contributed by atoms with E-state index < -0.39 is 0 Å². The van der Waals surface area contributed by atoms with Crippen LogP contribution in [0.4, 0.5) is 0 Å². The fraction of sp³-hybridized carbons (Fsp3) is 1.00. The number of nitrogens with two attached hydrogens (primary N) is 1. The van der Waals surface area contributed by atoms with Gasteiger partial charge in [0.25, 0.3) is 0 Å². The van der Waals surface area contributed by atoms with Crippen molar-refractivity contribution in [2.45, 2.75) is 40.5 Å². The molecule has 12 heavy (non-hydrogen) atoms. The van der Waals surface area contributed by atoms with Crippen LogP contribution in [0.15, 0.2) is 0 Å². The molecule has 1 aliphatic carbocycles. The molecule has 1 rings (SSSR count). The number of rotatable bonds is 3. The summed E-state index contributed by atoms with van der Waals surface area (Å²) >= 11 is 0. The summed E-state index contributed by atoms with van der Waals surface area (Å²) in [5, 5.41) is 0. The van der Waals surface area contributed by atoms with Crippen LogP contribution in [-0.2, 0) is 0 Å². The van der Waals surface area contributed by atoms with Crippen molar-refractivity contribution in [1.82, 2.24) is 0 Å². The first kappa shape index (κ1) is 10.0. The normalized spacial score (nSPS) is 35.8. The van der Waals surface area contributed by atoms with Gasteiger partial charge < -0.3 is 5.73 Å². The molecule has 1 nitrogen and oxygen atoms in total. The lowest BCUT2D eigenvalue weighted by molar-refractivity contribution is -0.0457. The van der Waals surface area contributed by atoms with Crippen LogP contribution in [0.3, 0.4) is 0 Å². The van der Waals surface area contributed by atoms with E-state index in [2.05, 4.69) is 27.7 Å². The average Bonchev–Trinajstić information content (AvgIpc) is 2.05. The summed E-state index contributed by atoms with van der Waals surface area (Å²) < 4.78 is 0. The zero-order chi connectivity index (χ0) is 9.35. The Hall–Kier alpha value is -0.0400. The van der Waals surface area contributed by atoms with Crippen molar-refractivity contribution in [2.75, 3.05) is 6.54 Å². The van der Waals surface area contributed by atoms with Crippen LogP contribution in [0.5, 0.6) is 0 Å². The molecule has 0 spiro atoms. The first-order chi connectivity index (χ1) is 5.54. The predicted molar refractivity (Wildman–Crippen MR) is 53.9 cm³/mol. The van der Waals surface area contributed by atoms with E-state index in [0.717, 1.165) is 24.3 Å². The molecular formula is C11H23N. The van der Waals surface area contributed by atoms with Crippen molar-refractivity contribution < 1.29 is 0 Å². The van der Waals surface area contributed by atoms with E-state index >= 15 is 0 Å². The Kier molecular flexibility index (Phi) is 2.82. The molecule has 0 aromatic carbocycles. The van der Waals surface area contributed by atoms with Crippen LogP contribution in [-0.4, -0.2) is 6.54 Å². The van der Waals surface area contributed by atoms with Crippen LogP contribution in [0, 0.1) is 23.2 Å². The summed E-state index contributed by atoms with van der Waals surface area (Å²) in [7, 11) is 0. The average molecular weight is 169 g/mol. The highest BCUT2D eigenvalue weighted by Crippen LogP contribution is 2.54. The van der Waals surface area contributed by atoms with E-state index in [1.807, 2.05) is 0 Å². The summed E-state index contributed by atoms with van der Waals surface area (Å²) in [6, 6.07) is 0. The van der Waals surface area contributed by atoms with Crippen LogP contribution >= 0.6 is 0 Å². The molecule has 2 N–H and O–H groups in total. The van der Waals surface area contributed by atoms with Crippen molar-refractivity contribution in [3.05, 3.63) is 0 Å². The smallest absolute Gasteiger partial charge is 0.00461 e. The Balaban J connectivity index is 2.55. The van der Waals surface area contributed by atoms with Gasteiger partial charge in [-0.1, -0.05) is 34.1 Å². The van der Waals surface area contributed by atoms with Crippen LogP contribution in [0.1, 0.15) is 40.5 Å². The second kappa shape index (κ2) is 3.37. The summed E-state index contributed by atoms with van der Waals surface area (Å²) in [4.78, 5) is 0. The molecule has 0 aromatic heterocycles. The molecule has 3 unspecified atom stereocenters. The van der Waals surface area contributed by atoms with E-state index in [0.29, 0.717) is 5.41 Å². The monoisotopic (exact) mass is 169 g/mol. The maximum atomic E-state index is 5.76. The lowest BCUT2D eigenvalue weighted by Gasteiger charge is -2.54. The van der Waals surface area contributed by atoms with Gasteiger partial charge in [-0.2, -0.15) is 0 Å². The maximum Gasteiger partial charge on any atom is -0.00461 e. The molecule has 1 saturated carbocycles. The molecule has 72 valence electrons. The van der Waals surface area contributed by atoms with Gasteiger partial charge in [-0.3, -0.25) is 0 Å². The lowest BCUT2D eigenvalue weighted by Crippen LogP contribution is -2.48. The third-order valence-electron chi connectivity index (χ3n) is 4.23. The summed E-state index contributed by atoms with van der Waals surface area (Å²) in [6.07, 6.45) is 2.64. The topological polar surface area (TPSA) is 26.0 Å². The van der Waals surface area contributed by atoms with Crippen LogP contribution in [0.25, 0.3) is 0 Å². The zero-order valence-electron chi connectivity index (χ0n) is 8.93. The van der Waals surface area contributed by atoms with Crippen LogP contribution < -0.4 is 5.73 Å². The van der Waals surface area contributed by atoms with Gasteiger partial charge in [-0.15, -0.1) is 0 Å². The van der Waals surface area contributed by atoms with E-state index in [-0.39, 0.29) is 0 Å². The van der Waals surface area contributed by atoms with Gasteiger partial charge in [-0.05, 0) is 36.1 Å². The molecular weight excluding hydrogens is 146 g/mol. The molecule has 0 amide bonds. The van der Waals surface area contributed by atoms with Crippen molar-refractivity contribution >= 4 is 0 Å². The molecule has 0 bridgehead atoms. The number of hydrogen-bond acceptors (Lipinski definition) is 1. The minimum Gasteiger partial charge on any atom is -0.330 e. The third kappa shape index (κ3) is 1.39. The predicted octanol–water partition coefficient (Wildman–Crippen LogP) is 2.65. The Bertz CT molecular complexity index is 147. The highest BCUT2D eigenvalue weighted by Gasteiger charge is 2.47. The fourth-order valence-corrected chi connectivity index (χ4v) is 2.61. The minimum absolute atomic E-state index is 0.542. The fourth-order valence-electron chi connectivity index (χ4n) is 2.61. The Morgan fingerprint density at radius 1 is 1.50 bits per heavy atom. The number of hydrogen-bond donors (Lipinski definition) is 1. The Morgan fingerprint density at radius 2 is 2.08 bits per heavy atom. The SMILES string of the molecule is CCC(CN)C1CC(C)C1(C)C. The molecule has 1 fully saturated rings. The van der Waals surface area contributed by atoms with Gasteiger partial charge >= 0.3 is 0 Å². The minimum atomic E-state index is 0.542. The second-order valence-corrected chi connectivity index (χ2v) is 4.97. The van der Waals surface area contributed by atoms with Crippen molar-refractivity contribution in [3.8, 4) is 0 Å². The first-order valence-electron chi connectivity index (χ1n) is 5.24. The standard InChI is InChI=1S/C11H23N/c1-5-9(7-12)10-6-8(2)11(10,3)4/h8-10H,5-7,12H2,1-4H3. The van der Waals surface area contributed by atoms with Crippen LogP contribution in [0.2, 0.25) is 0 Å². The first-order valence-corrected chi connectivity index (χ1v) is 5.24. The Morgan fingerprint density at radius 3 is 2.33 bits per heavy atom. The highest BCUT2D eigenvalue weighted by atomic mass is 14.6. The largest absolute Gasteiger partial charge is 0.330 e. The molecule has 0 heterocycles. The molecule has 1 heteroatoms. The summed E-state index contributed by atoms with van der Waals surface area (Å²) in [5.41, 5.74) is 6.30. The second-order valence-electron chi connectivity index (χ2n) is 4.97. The molecule has 0 saturated heterocycles. The Labute approximate surface area is 76.7 Å². The molecule has 3 atom stereocenters. The van der Waals surface area contributed by atoms with E-state index in [9.17, 15) is 0 Å².